The number of non-ortho nitro benzene ring substituents is 1. The fourth-order valence-corrected chi connectivity index (χ4v) is 2.52. The Kier molecular flexibility index (Phi) is 4.84. The molecule has 0 fully saturated rings. The normalized spacial score (nSPS) is 15.7. The van der Waals surface area contributed by atoms with Gasteiger partial charge in [-0.05, 0) is 24.3 Å². The molecule has 2 aromatic carbocycles. The Balaban J connectivity index is 1.88. The van der Waals surface area contributed by atoms with Gasteiger partial charge >= 0.3 is 5.97 Å². The minimum absolute atomic E-state index is 0.112. The number of benzene rings is 2. The predicted molar refractivity (Wildman–Crippen MR) is 93.7 cm³/mol. The molecule has 0 aromatic heterocycles. The average Bonchev–Trinajstić information content (AvgIpc) is 3.07. The Labute approximate surface area is 154 Å². The van der Waals surface area contributed by atoms with Crippen LogP contribution in [0, 0.1) is 10.1 Å². The first kappa shape index (κ1) is 18.1. The molecule has 1 heterocycles. The molecule has 0 radical (unpaired) electrons. The first-order chi connectivity index (χ1) is 12.8. The number of ether oxygens (including phenoxy) is 2. The van der Waals surface area contributed by atoms with Crippen molar-refractivity contribution in [2.75, 3.05) is 0 Å². The van der Waals surface area contributed by atoms with E-state index in [2.05, 4.69) is 5.10 Å². The molecule has 2 aromatic rings. The minimum Gasteiger partial charge on any atom is -0.446 e. The molecular weight excluding hydrogens is 354 g/mol. The van der Waals surface area contributed by atoms with Crippen molar-refractivity contribution in [3.63, 3.8) is 0 Å². The van der Waals surface area contributed by atoms with Crippen LogP contribution >= 0.6 is 0 Å². The summed E-state index contributed by atoms with van der Waals surface area (Å²) >= 11 is 0. The number of rotatable bonds is 4. The molecule has 3 rings (SSSR count). The van der Waals surface area contributed by atoms with E-state index in [1.807, 2.05) is 0 Å². The van der Waals surface area contributed by atoms with Crippen molar-refractivity contribution in [3.8, 4) is 5.75 Å². The number of esters is 1. The van der Waals surface area contributed by atoms with Gasteiger partial charge in [-0.3, -0.25) is 19.7 Å². The van der Waals surface area contributed by atoms with Crippen molar-refractivity contribution in [3.05, 3.63) is 69.8 Å². The number of amides is 1. The van der Waals surface area contributed by atoms with Gasteiger partial charge in [-0.1, -0.05) is 12.1 Å². The molecule has 0 bridgehead atoms. The van der Waals surface area contributed by atoms with Crippen LogP contribution < -0.4 is 4.74 Å². The van der Waals surface area contributed by atoms with E-state index in [4.69, 9.17) is 9.47 Å². The van der Waals surface area contributed by atoms with Crippen LogP contribution in [0.5, 0.6) is 5.75 Å². The number of carbonyl (C=O) groups excluding carboxylic acids is 2. The number of nitrogens with zero attached hydrogens (tertiary/aromatic N) is 3. The van der Waals surface area contributed by atoms with Gasteiger partial charge in [-0.15, -0.1) is 5.10 Å². The zero-order valence-electron chi connectivity index (χ0n) is 14.5. The number of nitro benzene ring substituents is 1. The molecule has 0 N–H and O–H groups in total. The van der Waals surface area contributed by atoms with Crippen molar-refractivity contribution in [1.82, 2.24) is 5.01 Å². The molecule has 0 saturated heterocycles. The monoisotopic (exact) mass is 369 g/mol. The van der Waals surface area contributed by atoms with Gasteiger partial charge in [-0.2, -0.15) is 5.01 Å². The van der Waals surface area contributed by atoms with E-state index in [0.29, 0.717) is 16.9 Å². The maximum atomic E-state index is 11.9. The molecule has 1 aliphatic rings. The fourth-order valence-electron chi connectivity index (χ4n) is 2.52. The zero-order chi connectivity index (χ0) is 19.6. The second kappa shape index (κ2) is 7.24. The number of carbonyl (C=O) groups is 2. The first-order valence-electron chi connectivity index (χ1n) is 7.93. The molecule has 0 saturated carbocycles. The SMILES string of the molecule is CC(=O)Oc1ccc(C2=NN(C(C)=O)C(c3cccc([N+](=O)[O-])c3)O2)cc1. The molecule has 1 aliphatic heterocycles. The van der Waals surface area contributed by atoms with E-state index in [0.717, 1.165) is 5.01 Å². The Morgan fingerprint density at radius 1 is 1.19 bits per heavy atom. The smallest absolute Gasteiger partial charge is 0.308 e. The van der Waals surface area contributed by atoms with Gasteiger partial charge in [0.15, 0.2) is 0 Å². The molecule has 9 nitrogen and oxygen atoms in total. The molecule has 138 valence electrons. The van der Waals surface area contributed by atoms with E-state index >= 15 is 0 Å². The van der Waals surface area contributed by atoms with E-state index in [1.165, 1.54) is 32.0 Å². The molecular formula is C18H15N3O6. The summed E-state index contributed by atoms with van der Waals surface area (Å²) in [4.78, 5) is 33.4. The van der Waals surface area contributed by atoms with Crippen molar-refractivity contribution < 1.29 is 24.0 Å². The van der Waals surface area contributed by atoms with Crippen LogP contribution in [0.25, 0.3) is 0 Å². The third-order valence-electron chi connectivity index (χ3n) is 3.70. The lowest BCUT2D eigenvalue weighted by atomic mass is 10.1. The summed E-state index contributed by atoms with van der Waals surface area (Å²) in [5.74, 6) is -0.275. The average molecular weight is 369 g/mol. The highest BCUT2D eigenvalue weighted by Gasteiger charge is 2.33. The Bertz CT molecular complexity index is 938. The van der Waals surface area contributed by atoms with Gasteiger partial charge in [-0.25, -0.2) is 0 Å². The number of hydrazone groups is 1. The summed E-state index contributed by atoms with van der Waals surface area (Å²) in [6.45, 7) is 2.62. The van der Waals surface area contributed by atoms with Gasteiger partial charge in [0.2, 0.25) is 18.0 Å². The highest BCUT2D eigenvalue weighted by atomic mass is 16.6. The van der Waals surface area contributed by atoms with Crippen LogP contribution in [-0.2, 0) is 14.3 Å². The van der Waals surface area contributed by atoms with Gasteiger partial charge in [0, 0.05) is 37.1 Å². The van der Waals surface area contributed by atoms with Gasteiger partial charge in [0.25, 0.3) is 5.69 Å². The third-order valence-corrected chi connectivity index (χ3v) is 3.70. The summed E-state index contributed by atoms with van der Waals surface area (Å²) in [7, 11) is 0. The molecule has 1 unspecified atom stereocenters. The highest BCUT2D eigenvalue weighted by Crippen LogP contribution is 2.32. The fraction of sp³-hybridized carbons (Fsp3) is 0.167. The summed E-state index contributed by atoms with van der Waals surface area (Å²) in [5.41, 5.74) is 0.874. The van der Waals surface area contributed by atoms with Gasteiger partial charge < -0.3 is 9.47 Å². The molecule has 0 spiro atoms. The van der Waals surface area contributed by atoms with E-state index in [-0.39, 0.29) is 17.5 Å². The van der Waals surface area contributed by atoms with Crippen molar-refractivity contribution >= 4 is 23.5 Å². The molecule has 9 heteroatoms. The standard InChI is InChI=1S/C18H15N3O6/c1-11(22)20-18(14-4-3-5-15(10-14)21(24)25)27-17(19-20)13-6-8-16(9-7-13)26-12(2)23/h3-10,18H,1-2H3. The largest absolute Gasteiger partial charge is 0.446 e. The Morgan fingerprint density at radius 2 is 1.89 bits per heavy atom. The quantitative estimate of drug-likeness (QED) is 0.355. The van der Waals surface area contributed by atoms with Crippen LogP contribution in [0.15, 0.2) is 53.6 Å². The molecule has 1 atom stereocenters. The number of hydrogen-bond acceptors (Lipinski definition) is 7. The van der Waals surface area contributed by atoms with Crippen molar-refractivity contribution in [2.24, 2.45) is 5.10 Å². The Morgan fingerprint density at radius 3 is 2.48 bits per heavy atom. The predicted octanol–water partition coefficient (Wildman–Crippen LogP) is 2.76. The van der Waals surface area contributed by atoms with Crippen molar-refractivity contribution in [2.45, 2.75) is 20.1 Å². The van der Waals surface area contributed by atoms with E-state index in [9.17, 15) is 19.7 Å². The molecule has 27 heavy (non-hydrogen) atoms. The number of nitro groups is 1. The van der Waals surface area contributed by atoms with Gasteiger partial charge in [0.05, 0.1) is 4.92 Å². The maximum absolute atomic E-state index is 11.9. The lowest BCUT2D eigenvalue weighted by molar-refractivity contribution is -0.385. The van der Waals surface area contributed by atoms with Crippen LogP contribution in [0.4, 0.5) is 5.69 Å². The van der Waals surface area contributed by atoms with Crippen molar-refractivity contribution in [1.29, 1.82) is 0 Å². The lowest BCUT2D eigenvalue weighted by Crippen LogP contribution is -2.25. The van der Waals surface area contributed by atoms with Crippen LogP contribution in [0.3, 0.4) is 0 Å². The number of hydrogen-bond donors (Lipinski definition) is 0. The van der Waals surface area contributed by atoms with E-state index < -0.39 is 17.1 Å². The molecule has 1 amide bonds. The summed E-state index contributed by atoms with van der Waals surface area (Å²) in [5, 5.41) is 16.3. The first-order valence-corrected chi connectivity index (χ1v) is 7.93. The zero-order valence-corrected chi connectivity index (χ0v) is 14.5. The van der Waals surface area contributed by atoms with Crippen LogP contribution in [-0.4, -0.2) is 27.7 Å². The minimum atomic E-state index is -0.912. The summed E-state index contributed by atoms with van der Waals surface area (Å²) in [6.07, 6.45) is -0.912. The maximum Gasteiger partial charge on any atom is 0.308 e. The van der Waals surface area contributed by atoms with Crippen LogP contribution in [0.2, 0.25) is 0 Å². The van der Waals surface area contributed by atoms with Crippen LogP contribution in [0.1, 0.15) is 31.2 Å². The second-order valence-electron chi connectivity index (χ2n) is 5.71. The lowest BCUT2D eigenvalue weighted by Gasteiger charge is -2.19. The summed E-state index contributed by atoms with van der Waals surface area (Å²) in [6, 6.07) is 12.2. The highest BCUT2D eigenvalue weighted by molar-refractivity contribution is 5.96. The topological polar surface area (TPSA) is 111 Å². The second-order valence-corrected chi connectivity index (χ2v) is 5.71. The Hall–Kier alpha value is -3.75. The van der Waals surface area contributed by atoms with E-state index in [1.54, 1.807) is 30.3 Å². The van der Waals surface area contributed by atoms with Gasteiger partial charge in [0.1, 0.15) is 5.75 Å². The third kappa shape index (κ3) is 3.92. The summed E-state index contributed by atoms with van der Waals surface area (Å²) < 4.78 is 10.8. The molecule has 0 aliphatic carbocycles.